The molecule has 4 heteroatoms. The summed E-state index contributed by atoms with van der Waals surface area (Å²) in [7, 11) is 0. The molecule has 104 valence electrons. The molecule has 1 heterocycles. The highest BCUT2D eigenvalue weighted by molar-refractivity contribution is 7.98. The number of hydrogen-bond acceptors (Lipinski definition) is 4. The first-order valence-electron chi connectivity index (χ1n) is 6.81. The molecule has 1 saturated heterocycles. The highest BCUT2D eigenvalue weighted by atomic mass is 32.2. The first kappa shape index (κ1) is 13.4. The number of thioether (sulfide) groups is 1. The van der Waals surface area contributed by atoms with Gasteiger partial charge in [0.2, 0.25) is 0 Å². The number of hydrogen-bond donors (Lipinski definition) is 1. The van der Waals surface area contributed by atoms with E-state index in [1.807, 2.05) is 12.1 Å². The summed E-state index contributed by atoms with van der Waals surface area (Å²) in [4.78, 5) is 1.22. The van der Waals surface area contributed by atoms with Crippen molar-refractivity contribution < 1.29 is 14.6 Å². The molecular weight excluding hydrogens is 260 g/mol. The van der Waals surface area contributed by atoms with Crippen LogP contribution in [0.15, 0.2) is 29.2 Å². The van der Waals surface area contributed by atoms with Crippen molar-refractivity contribution in [3.05, 3.63) is 29.8 Å². The van der Waals surface area contributed by atoms with Gasteiger partial charge in [0, 0.05) is 17.7 Å². The number of aliphatic hydroxyl groups is 1. The topological polar surface area (TPSA) is 38.7 Å². The Labute approximate surface area is 118 Å². The summed E-state index contributed by atoms with van der Waals surface area (Å²) >= 11 is 1.72. The van der Waals surface area contributed by atoms with E-state index in [4.69, 9.17) is 9.47 Å². The molecule has 3 nitrogen and oxygen atoms in total. The maximum Gasteiger partial charge on any atom is 0.168 e. The average Bonchev–Trinajstić information content (AvgIpc) is 2.92. The number of rotatable bonds is 2. The summed E-state index contributed by atoms with van der Waals surface area (Å²) in [5.41, 5.74) is 0.287. The molecule has 0 atom stereocenters. The van der Waals surface area contributed by atoms with Crippen LogP contribution in [0.25, 0.3) is 0 Å². The van der Waals surface area contributed by atoms with E-state index in [0.717, 1.165) is 18.4 Å². The lowest BCUT2D eigenvalue weighted by Crippen LogP contribution is -2.42. The predicted octanol–water partition coefficient (Wildman–Crippen LogP) is 2.91. The van der Waals surface area contributed by atoms with Gasteiger partial charge in [-0.15, -0.1) is 11.8 Å². The molecule has 0 bridgehead atoms. The molecular formula is C15H20O3S. The largest absolute Gasteiger partial charge is 0.385 e. The highest BCUT2D eigenvalue weighted by Gasteiger charge is 2.46. The zero-order valence-corrected chi connectivity index (χ0v) is 12.0. The molecule has 2 fully saturated rings. The summed E-state index contributed by atoms with van der Waals surface area (Å²) in [6.45, 7) is 1.36. The van der Waals surface area contributed by atoms with Gasteiger partial charge in [0.25, 0.3) is 0 Å². The minimum atomic E-state index is -0.725. The summed E-state index contributed by atoms with van der Waals surface area (Å²) in [5.74, 6) is -0.411. The first-order valence-corrected chi connectivity index (χ1v) is 8.03. The third-order valence-corrected chi connectivity index (χ3v) is 5.02. The standard InChI is InChI=1S/C15H20O3S/c1-19-13-4-2-12(3-5-13)14(16)6-8-15(9-7-14)17-10-11-18-15/h2-5,16H,6-11H2,1H3. The fourth-order valence-electron chi connectivity index (χ4n) is 3.02. The minimum Gasteiger partial charge on any atom is -0.385 e. The van der Waals surface area contributed by atoms with Gasteiger partial charge in [0.15, 0.2) is 5.79 Å². The molecule has 0 amide bonds. The van der Waals surface area contributed by atoms with Crippen LogP contribution in [-0.4, -0.2) is 30.4 Å². The van der Waals surface area contributed by atoms with E-state index in [1.165, 1.54) is 4.90 Å². The molecule has 1 aromatic carbocycles. The Morgan fingerprint density at radius 1 is 1.00 bits per heavy atom. The molecule has 1 spiro atoms. The van der Waals surface area contributed by atoms with Gasteiger partial charge in [-0.05, 0) is 36.8 Å². The smallest absolute Gasteiger partial charge is 0.168 e. The summed E-state index contributed by atoms with van der Waals surface area (Å²) in [6.07, 6.45) is 5.00. The van der Waals surface area contributed by atoms with Gasteiger partial charge < -0.3 is 14.6 Å². The van der Waals surface area contributed by atoms with Gasteiger partial charge in [-0.1, -0.05) is 12.1 Å². The fraction of sp³-hybridized carbons (Fsp3) is 0.600. The zero-order chi connectivity index (χ0) is 13.3. The monoisotopic (exact) mass is 280 g/mol. The highest BCUT2D eigenvalue weighted by Crippen LogP contribution is 2.44. The Bertz CT molecular complexity index is 427. The van der Waals surface area contributed by atoms with E-state index in [2.05, 4.69) is 18.4 Å². The molecule has 1 aromatic rings. The maximum absolute atomic E-state index is 10.8. The molecule has 19 heavy (non-hydrogen) atoms. The van der Waals surface area contributed by atoms with E-state index < -0.39 is 11.4 Å². The van der Waals surface area contributed by atoms with Crippen LogP contribution in [0.4, 0.5) is 0 Å². The van der Waals surface area contributed by atoms with Crippen LogP contribution in [0.5, 0.6) is 0 Å². The molecule has 1 aliphatic heterocycles. The van der Waals surface area contributed by atoms with Crippen LogP contribution in [0, 0.1) is 0 Å². The molecule has 3 rings (SSSR count). The van der Waals surface area contributed by atoms with E-state index in [9.17, 15) is 5.11 Å². The maximum atomic E-state index is 10.8. The first-order chi connectivity index (χ1) is 9.16. The van der Waals surface area contributed by atoms with Crippen LogP contribution in [0.1, 0.15) is 31.2 Å². The van der Waals surface area contributed by atoms with Crippen LogP contribution in [0.2, 0.25) is 0 Å². The lowest BCUT2D eigenvalue weighted by Gasteiger charge is -2.40. The van der Waals surface area contributed by atoms with E-state index >= 15 is 0 Å². The van der Waals surface area contributed by atoms with Gasteiger partial charge in [-0.2, -0.15) is 0 Å². The average molecular weight is 280 g/mol. The van der Waals surface area contributed by atoms with Crippen molar-refractivity contribution in [1.82, 2.24) is 0 Å². The van der Waals surface area contributed by atoms with Gasteiger partial charge in [0.1, 0.15) is 0 Å². The van der Waals surface area contributed by atoms with Crippen molar-refractivity contribution in [3.8, 4) is 0 Å². The van der Waals surface area contributed by atoms with Gasteiger partial charge in [-0.3, -0.25) is 0 Å². The van der Waals surface area contributed by atoms with Crippen molar-refractivity contribution in [2.24, 2.45) is 0 Å². The van der Waals surface area contributed by atoms with Crippen LogP contribution >= 0.6 is 11.8 Å². The number of benzene rings is 1. The van der Waals surface area contributed by atoms with Crippen LogP contribution < -0.4 is 0 Å². The second kappa shape index (κ2) is 5.09. The Kier molecular flexibility index (Phi) is 3.60. The normalized spacial score (nSPS) is 24.7. The molecule has 0 unspecified atom stereocenters. The Morgan fingerprint density at radius 3 is 2.11 bits per heavy atom. The minimum absolute atomic E-state index is 0.411. The molecule has 0 radical (unpaired) electrons. The lowest BCUT2D eigenvalue weighted by atomic mass is 9.77. The Balaban J connectivity index is 1.73. The Hall–Kier alpha value is -0.550. The van der Waals surface area contributed by atoms with Crippen molar-refractivity contribution in [2.75, 3.05) is 19.5 Å². The second-order valence-corrected chi connectivity index (χ2v) is 6.25. The lowest BCUT2D eigenvalue weighted by molar-refractivity contribution is -0.204. The van der Waals surface area contributed by atoms with Crippen molar-refractivity contribution >= 4 is 11.8 Å². The predicted molar refractivity (Wildman–Crippen MR) is 75.2 cm³/mol. The third kappa shape index (κ3) is 2.55. The molecule has 1 saturated carbocycles. The SMILES string of the molecule is CSc1ccc(C2(O)CCC3(CC2)OCCO3)cc1. The van der Waals surface area contributed by atoms with Gasteiger partial charge in [0.05, 0.1) is 18.8 Å². The van der Waals surface area contributed by atoms with Gasteiger partial charge >= 0.3 is 0 Å². The zero-order valence-electron chi connectivity index (χ0n) is 11.2. The number of ether oxygens (including phenoxy) is 2. The van der Waals surface area contributed by atoms with E-state index in [0.29, 0.717) is 26.1 Å². The molecule has 1 N–H and O–H groups in total. The summed E-state index contributed by atoms with van der Waals surface area (Å²) in [6, 6.07) is 8.23. The van der Waals surface area contributed by atoms with E-state index in [1.54, 1.807) is 11.8 Å². The quantitative estimate of drug-likeness (QED) is 0.845. The van der Waals surface area contributed by atoms with Crippen molar-refractivity contribution in [2.45, 2.75) is 42.0 Å². The summed E-state index contributed by atoms with van der Waals surface area (Å²) < 4.78 is 11.4. The fourth-order valence-corrected chi connectivity index (χ4v) is 3.43. The van der Waals surface area contributed by atoms with Crippen molar-refractivity contribution in [1.29, 1.82) is 0 Å². The molecule has 2 aliphatic rings. The van der Waals surface area contributed by atoms with Crippen LogP contribution in [0.3, 0.4) is 0 Å². The van der Waals surface area contributed by atoms with Crippen molar-refractivity contribution in [3.63, 3.8) is 0 Å². The molecule has 0 aromatic heterocycles. The van der Waals surface area contributed by atoms with E-state index in [-0.39, 0.29) is 0 Å². The second-order valence-electron chi connectivity index (χ2n) is 5.37. The Morgan fingerprint density at radius 2 is 1.58 bits per heavy atom. The van der Waals surface area contributed by atoms with Crippen LogP contribution in [-0.2, 0) is 15.1 Å². The molecule has 1 aliphatic carbocycles. The summed E-state index contributed by atoms with van der Waals surface area (Å²) in [5, 5.41) is 10.8. The third-order valence-electron chi connectivity index (χ3n) is 4.28. The van der Waals surface area contributed by atoms with Gasteiger partial charge in [-0.25, -0.2) is 0 Å².